The Labute approximate surface area is 125 Å². The standard InChI is InChI=1S/C14H28N2O5/c17-9-11(18)14(21)13(20)10-4-3-7-16(10)8-12(19)15-5-1-2-6-15/h10-14,17-21H,1-9H2/t10-,11-,12?,13+,14+/m0/s1. The van der Waals surface area contributed by atoms with Crippen molar-refractivity contribution in [1.82, 2.24) is 9.80 Å². The van der Waals surface area contributed by atoms with Gasteiger partial charge in [-0.15, -0.1) is 0 Å². The molecule has 7 nitrogen and oxygen atoms in total. The van der Waals surface area contributed by atoms with E-state index >= 15 is 0 Å². The lowest BCUT2D eigenvalue weighted by atomic mass is 9.99. The molecule has 0 aromatic carbocycles. The summed E-state index contributed by atoms with van der Waals surface area (Å²) in [6, 6.07) is -0.293. The van der Waals surface area contributed by atoms with E-state index < -0.39 is 31.1 Å². The van der Waals surface area contributed by atoms with E-state index in [-0.39, 0.29) is 6.04 Å². The van der Waals surface area contributed by atoms with E-state index in [0.29, 0.717) is 13.0 Å². The summed E-state index contributed by atoms with van der Waals surface area (Å²) < 4.78 is 0. The van der Waals surface area contributed by atoms with Crippen LogP contribution in [0, 0.1) is 0 Å². The van der Waals surface area contributed by atoms with Crippen molar-refractivity contribution in [2.45, 2.75) is 56.3 Å². The van der Waals surface area contributed by atoms with Gasteiger partial charge in [-0.25, -0.2) is 0 Å². The molecule has 21 heavy (non-hydrogen) atoms. The number of likely N-dealkylation sites (tertiary alicyclic amines) is 2. The van der Waals surface area contributed by atoms with E-state index in [4.69, 9.17) is 5.11 Å². The molecule has 0 aliphatic carbocycles. The van der Waals surface area contributed by atoms with Crippen molar-refractivity contribution >= 4 is 0 Å². The molecular formula is C14H28N2O5. The highest BCUT2D eigenvalue weighted by Gasteiger charge is 2.38. The fourth-order valence-corrected chi connectivity index (χ4v) is 3.39. The van der Waals surface area contributed by atoms with Gasteiger partial charge < -0.3 is 25.5 Å². The summed E-state index contributed by atoms with van der Waals surface area (Å²) in [6.07, 6.45) is -0.592. The number of nitrogens with zero attached hydrogens (tertiary/aromatic N) is 2. The van der Waals surface area contributed by atoms with Crippen molar-refractivity contribution in [3.63, 3.8) is 0 Å². The monoisotopic (exact) mass is 304 g/mol. The Morgan fingerprint density at radius 1 is 0.952 bits per heavy atom. The van der Waals surface area contributed by atoms with Gasteiger partial charge in [-0.1, -0.05) is 0 Å². The van der Waals surface area contributed by atoms with Gasteiger partial charge in [-0.3, -0.25) is 9.80 Å². The lowest BCUT2D eigenvalue weighted by Crippen LogP contribution is -2.53. The first-order valence-electron chi connectivity index (χ1n) is 7.86. The van der Waals surface area contributed by atoms with Crippen molar-refractivity contribution in [2.24, 2.45) is 0 Å². The van der Waals surface area contributed by atoms with Gasteiger partial charge in [-0.2, -0.15) is 0 Å². The molecule has 0 aromatic heterocycles. The highest BCUT2D eigenvalue weighted by molar-refractivity contribution is 4.91. The fourth-order valence-electron chi connectivity index (χ4n) is 3.39. The maximum absolute atomic E-state index is 10.3. The third-order valence-corrected chi connectivity index (χ3v) is 4.70. The number of hydrogen-bond acceptors (Lipinski definition) is 7. The van der Waals surface area contributed by atoms with Gasteiger partial charge in [0.25, 0.3) is 0 Å². The van der Waals surface area contributed by atoms with E-state index in [1.165, 1.54) is 0 Å². The predicted molar refractivity (Wildman–Crippen MR) is 76.5 cm³/mol. The minimum atomic E-state index is -1.37. The SMILES string of the molecule is OC[C@H](O)[C@@H](O)[C@H](O)[C@@H]1CCCN1CC(O)N1CCCC1. The molecule has 0 spiro atoms. The minimum Gasteiger partial charge on any atom is -0.394 e. The third-order valence-electron chi connectivity index (χ3n) is 4.70. The number of aliphatic hydroxyl groups excluding tert-OH is 5. The first-order chi connectivity index (χ1) is 10.0. The van der Waals surface area contributed by atoms with Crippen molar-refractivity contribution in [2.75, 3.05) is 32.8 Å². The number of rotatable bonds is 7. The van der Waals surface area contributed by atoms with Gasteiger partial charge in [0.05, 0.1) is 12.7 Å². The number of β-amino-alcohol motifs (C(OH)–C–C–N with tert-alkyl or cyclic N) is 1. The molecule has 1 unspecified atom stereocenters. The van der Waals surface area contributed by atoms with Gasteiger partial charge in [-0.05, 0) is 32.2 Å². The Kier molecular flexibility index (Phi) is 6.36. The summed E-state index contributed by atoms with van der Waals surface area (Å²) in [5.74, 6) is 0. The summed E-state index contributed by atoms with van der Waals surface area (Å²) in [4.78, 5) is 4.00. The molecule has 2 aliphatic rings. The van der Waals surface area contributed by atoms with Crippen LogP contribution in [0.15, 0.2) is 0 Å². The molecule has 0 radical (unpaired) electrons. The molecule has 124 valence electrons. The zero-order valence-electron chi connectivity index (χ0n) is 12.4. The van der Waals surface area contributed by atoms with Crippen LogP contribution in [0.5, 0.6) is 0 Å². The molecule has 0 bridgehead atoms. The zero-order valence-corrected chi connectivity index (χ0v) is 12.4. The maximum Gasteiger partial charge on any atom is 0.120 e. The molecule has 2 fully saturated rings. The Bertz CT molecular complexity index is 314. The van der Waals surface area contributed by atoms with Crippen molar-refractivity contribution in [1.29, 1.82) is 0 Å². The highest BCUT2D eigenvalue weighted by atomic mass is 16.4. The van der Waals surface area contributed by atoms with E-state index in [1.807, 2.05) is 9.80 Å². The molecule has 2 aliphatic heterocycles. The second kappa shape index (κ2) is 7.82. The van der Waals surface area contributed by atoms with Gasteiger partial charge in [0.2, 0.25) is 0 Å². The van der Waals surface area contributed by atoms with Crippen molar-refractivity contribution in [3.05, 3.63) is 0 Å². The van der Waals surface area contributed by atoms with Crippen LogP contribution in [0.25, 0.3) is 0 Å². The van der Waals surface area contributed by atoms with Crippen molar-refractivity contribution in [3.8, 4) is 0 Å². The fraction of sp³-hybridized carbons (Fsp3) is 1.00. The first kappa shape index (κ1) is 17.1. The molecule has 0 aromatic rings. The second-order valence-electron chi connectivity index (χ2n) is 6.16. The largest absolute Gasteiger partial charge is 0.394 e. The normalized spacial score (nSPS) is 30.4. The molecule has 2 rings (SSSR count). The van der Waals surface area contributed by atoms with Crippen LogP contribution < -0.4 is 0 Å². The molecule has 5 atom stereocenters. The lowest BCUT2D eigenvalue weighted by Gasteiger charge is -2.35. The second-order valence-corrected chi connectivity index (χ2v) is 6.16. The average molecular weight is 304 g/mol. The Morgan fingerprint density at radius 2 is 1.62 bits per heavy atom. The van der Waals surface area contributed by atoms with Gasteiger partial charge in [0, 0.05) is 25.7 Å². The number of hydrogen-bond donors (Lipinski definition) is 5. The van der Waals surface area contributed by atoms with Crippen LogP contribution in [-0.4, -0.2) is 98.7 Å². The topological polar surface area (TPSA) is 108 Å². The van der Waals surface area contributed by atoms with Crippen LogP contribution >= 0.6 is 0 Å². The summed E-state index contributed by atoms with van der Waals surface area (Å²) in [5, 5.41) is 48.6. The maximum atomic E-state index is 10.3. The summed E-state index contributed by atoms with van der Waals surface area (Å²) in [7, 11) is 0. The first-order valence-corrected chi connectivity index (χ1v) is 7.86. The van der Waals surface area contributed by atoms with Crippen LogP contribution in [-0.2, 0) is 0 Å². The van der Waals surface area contributed by atoms with Crippen molar-refractivity contribution < 1.29 is 25.5 Å². The van der Waals surface area contributed by atoms with Gasteiger partial charge in [0.1, 0.15) is 18.4 Å². The molecule has 7 heteroatoms. The van der Waals surface area contributed by atoms with E-state index in [0.717, 1.165) is 38.9 Å². The van der Waals surface area contributed by atoms with Crippen LogP contribution in [0.4, 0.5) is 0 Å². The summed E-state index contributed by atoms with van der Waals surface area (Å²) in [6.45, 7) is 2.40. The van der Waals surface area contributed by atoms with Gasteiger partial charge >= 0.3 is 0 Å². The van der Waals surface area contributed by atoms with Crippen LogP contribution in [0.3, 0.4) is 0 Å². The van der Waals surface area contributed by atoms with Crippen LogP contribution in [0.2, 0.25) is 0 Å². The quantitative estimate of drug-likeness (QED) is 0.368. The van der Waals surface area contributed by atoms with Gasteiger partial charge in [0.15, 0.2) is 0 Å². The van der Waals surface area contributed by atoms with E-state index in [9.17, 15) is 20.4 Å². The Morgan fingerprint density at radius 3 is 2.24 bits per heavy atom. The smallest absolute Gasteiger partial charge is 0.120 e. The molecule has 2 heterocycles. The molecule has 5 N–H and O–H groups in total. The molecule has 2 saturated heterocycles. The highest BCUT2D eigenvalue weighted by Crippen LogP contribution is 2.24. The third kappa shape index (κ3) is 4.13. The molecule has 0 saturated carbocycles. The predicted octanol–water partition coefficient (Wildman–Crippen LogP) is -2.06. The molecular weight excluding hydrogens is 276 g/mol. The summed E-state index contributed by atoms with van der Waals surface area (Å²) in [5.41, 5.74) is 0. The summed E-state index contributed by atoms with van der Waals surface area (Å²) >= 11 is 0. The Balaban J connectivity index is 1.89. The minimum absolute atomic E-state index is 0.293. The number of aliphatic hydroxyl groups is 5. The Hall–Kier alpha value is -0.280. The lowest BCUT2D eigenvalue weighted by molar-refractivity contribution is -0.104. The molecule has 0 amide bonds. The average Bonchev–Trinajstić information content (AvgIpc) is 3.15. The zero-order chi connectivity index (χ0) is 15.4. The van der Waals surface area contributed by atoms with E-state index in [1.54, 1.807) is 0 Å². The van der Waals surface area contributed by atoms with Crippen LogP contribution in [0.1, 0.15) is 25.7 Å². The van der Waals surface area contributed by atoms with E-state index in [2.05, 4.69) is 0 Å².